The maximum atomic E-state index is 12.5. The van der Waals surface area contributed by atoms with Gasteiger partial charge in [-0.05, 0) is 31.2 Å². The van der Waals surface area contributed by atoms with E-state index in [9.17, 15) is 14.9 Å². The number of nitro groups is 1. The number of hydrogen-bond acceptors (Lipinski definition) is 9. The molecule has 0 fully saturated rings. The molecule has 1 aromatic heterocycles. The molecule has 0 aliphatic heterocycles. The molecule has 1 N–H and O–H groups in total. The van der Waals surface area contributed by atoms with Crippen molar-refractivity contribution in [2.45, 2.75) is 13.0 Å². The van der Waals surface area contributed by atoms with Crippen molar-refractivity contribution in [3.05, 3.63) is 70.1 Å². The van der Waals surface area contributed by atoms with Gasteiger partial charge in [0.15, 0.2) is 6.10 Å². The van der Waals surface area contributed by atoms with Gasteiger partial charge in [-0.15, -0.1) is 10.2 Å². The van der Waals surface area contributed by atoms with Crippen LogP contribution in [0.3, 0.4) is 0 Å². The topological polar surface area (TPSA) is 130 Å². The summed E-state index contributed by atoms with van der Waals surface area (Å²) >= 11 is 0. The average molecular weight is 412 g/mol. The summed E-state index contributed by atoms with van der Waals surface area (Å²) in [5.41, 5.74) is 0.819. The van der Waals surface area contributed by atoms with Crippen molar-refractivity contribution in [3.63, 3.8) is 0 Å². The van der Waals surface area contributed by atoms with Gasteiger partial charge in [-0.25, -0.2) is 4.79 Å². The van der Waals surface area contributed by atoms with Gasteiger partial charge in [-0.3, -0.25) is 10.1 Å². The van der Waals surface area contributed by atoms with Crippen LogP contribution in [0, 0.1) is 10.1 Å². The summed E-state index contributed by atoms with van der Waals surface area (Å²) in [5, 5.41) is 22.1. The summed E-state index contributed by atoms with van der Waals surface area (Å²) in [7, 11) is 1.53. The van der Waals surface area contributed by atoms with Crippen LogP contribution in [0.1, 0.15) is 29.3 Å². The maximum Gasteiger partial charge on any atom is 0.339 e. The Morgan fingerprint density at radius 3 is 2.70 bits per heavy atom. The minimum Gasteiger partial charge on any atom is -0.449 e. The third-order valence-electron chi connectivity index (χ3n) is 4.14. The van der Waals surface area contributed by atoms with Crippen LogP contribution >= 0.6 is 0 Å². The number of nitro benzene ring substituents is 1. The summed E-state index contributed by atoms with van der Waals surface area (Å²) in [6, 6.07) is 13.2. The average Bonchev–Trinajstić information content (AvgIpc) is 3.25. The lowest BCUT2D eigenvalue weighted by Crippen LogP contribution is -2.12. The smallest absolute Gasteiger partial charge is 0.339 e. The molecular weight excluding hydrogens is 392 g/mol. The van der Waals surface area contributed by atoms with E-state index in [-0.39, 0.29) is 22.8 Å². The normalized spacial score (nSPS) is 11.7. The van der Waals surface area contributed by atoms with Gasteiger partial charge in [0, 0.05) is 25.3 Å². The van der Waals surface area contributed by atoms with Crippen molar-refractivity contribution in [1.82, 2.24) is 10.2 Å². The number of hydrogen-bond donors (Lipinski definition) is 1. The number of carbonyl (C=O) groups excluding carboxylic acids is 1. The molecule has 1 atom stereocenters. The maximum absolute atomic E-state index is 12.5. The first-order chi connectivity index (χ1) is 14.5. The van der Waals surface area contributed by atoms with Crippen molar-refractivity contribution >= 4 is 17.3 Å². The molecule has 0 saturated carbocycles. The standard InChI is InChI=1S/C20H20N4O6/c1-13(18-22-23-19(30-18)14-6-4-3-5-7-14)29-20(25)15-8-9-16(21-10-11-28-2)17(12-15)24(26)27/h3-9,12-13,21H,10-11H2,1-2H3/t13-/m0/s1. The van der Waals surface area contributed by atoms with Gasteiger partial charge in [0.2, 0.25) is 5.89 Å². The van der Waals surface area contributed by atoms with Crippen LogP contribution in [0.2, 0.25) is 0 Å². The Morgan fingerprint density at radius 2 is 2.00 bits per heavy atom. The van der Waals surface area contributed by atoms with E-state index in [2.05, 4.69) is 15.5 Å². The monoisotopic (exact) mass is 412 g/mol. The lowest BCUT2D eigenvalue weighted by Gasteiger charge is -2.11. The molecule has 0 spiro atoms. The number of benzene rings is 2. The number of anilines is 1. The fourth-order valence-electron chi connectivity index (χ4n) is 2.62. The fraction of sp³-hybridized carbons (Fsp3) is 0.250. The molecule has 0 aliphatic carbocycles. The molecule has 3 aromatic rings. The Labute approximate surface area is 172 Å². The molecule has 1 heterocycles. The van der Waals surface area contributed by atoms with E-state index in [1.54, 1.807) is 6.92 Å². The molecule has 0 aliphatic rings. The minimum atomic E-state index is -0.832. The highest BCUT2D eigenvalue weighted by Gasteiger charge is 2.23. The van der Waals surface area contributed by atoms with Gasteiger partial charge in [-0.1, -0.05) is 18.2 Å². The van der Waals surface area contributed by atoms with E-state index in [0.717, 1.165) is 11.6 Å². The molecule has 0 radical (unpaired) electrons. The van der Waals surface area contributed by atoms with Gasteiger partial charge in [0.1, 0.15) is 5.69 Å². The predicted octanol–water partition coefficient (Wildman–Crippen LogP) is 3.62. The zero-order valence-corrected chi connectivity index (χ0v) is 16.4. The number of ether oxygens (including phenoxy) is 2. The van der Waals surface area contributed by atoms with E-state index < -0.39 is 17.0 Å². The summed E-state index contributed by atoms with van der Waals surface area (Å²) in [6.07, 6.45) is -0.832. The van der Waals surface area contributed by atoms with Gasteiger partial charge < -0.3 is 19.2 Å². The second-order valence-corrected chi connectivity index (χ2v) is 6.27. The van der Waals surface area contributed by atoms with Crippen molar-refractivity contribution < 1.29 is 23.6 Å². The first-order valence-electron chi connectivity index (χ1n) is 9.10. The Hall–Kier alpha value is -3.79. The van der Waals surface area contributed by atoms with E-state index in [0.29, 0.717) is 19.0 Å². The molecule has 2 aromatic carbocycles. The van der Waals surface area contributed by atoms with Crippen LogP contribution in [0.15, 0.2) is 52.9 Å². The first kappa shape index (κ1) is 20.9. The number of aromatic nitrogens is 2. The fourth-order valence-corrected chi connectivity index (χ4v) is 2.62. The number of methoxy groups -OCH3 is 1. The number of rotatable bonds is 9. The highest BCUT2D eigenvalue weighted by atomic mass is 16.6. The molecule has 10 nitrogen and oxygen atoms in total. The second kappa shape index (κ2) is 9.61. The van der Waals surface area contributed by atoms with Crippen LogP contribution in [0.25, 0.3) is 11.5 Å². The summed E-state index contributed by atoms with van der Waals surface area (Å²) < 4.78 is 15.8. The Kier molecular flexibility index (Phi) is 6.71. The number of esters is 1. The molecule has 10 heteroatoms. The SMILES string of the molecule is COCCNc1ccc(C(=O)O[C@@H](C)c2nnc(-c3ccccc3)o2)cc1[N+](=O)[O-]. The summed E-state index contributed by atoms with van der Waals surface area (Å²) in [4.78, 5) is 23.3. The summed E-state index contributed by atoms with van der Waals surface area (Å²) in [6.45, 7) is 2.35. The van der Waals surface area contributed by atoms with Gasteiger partial charge in [-0.2, -0.15) is 0 Å². The lowest BCUT2D eigenvalue weighted by molar-refractivity contribution is -0.384. The highest BCUT2D eigenvalue weighted by Crippen LogP contribution is 2.27. The zero-order chi connectivity index (χ0) is 21.5. The van der Waals surface area contributed by atoms with Gasteiger partial charge >= 0.3 is 5.97 Å². The van der Waals surface area contributed by atoms with E-state index in [1.807, 2.05) is 30.3 Å². The second-order valence-electron chi connectivity index (χ2n) is 6.27. The number of carbonyl (C=O) groups is 1. The molecule has 0 amide bonds. The molecule has 0 unspecified atom stereocenters. The Balaban J connectivity index is 1.71. The lowest BCUT2D eigenvalue weighted by atomic mass is 10.1. The van der Waals surface area contributed by atoms with Crippen LogP contribution in [-0.4, -0.2) is 41.4 Å². The third kappa shape index (κ3) is 4.97. The predicted molar refractivity (Wildman–Crippen MR) is 107 cm³/mol. The highest BCUT2D eigenvalue weighted by molar-refractivity contribution is 5.91. The Morgan fingerprint density at radius 1 is 1.23 bits per heavy atom. The molecule has 3 rings (SSSR count). The zero-order valence-electron chi connectivity index (χ0n) is 16.4. The molecule has 0 saturated heterocycles. The summed E-state index contributed by atoms with van der Waals surface area (Å²) in [5.74, 6) is -0.321. The van der Waals surface area contributed by atoms with Crippen LogP contribution in [0.4, 0.5) is 11.4 Å². The minimum absolute atomic E-state index is 0.0358. The van der Waals surface area contributed by atoms with E-state index >= 15 is 0 Å². The van der Waals surface area contributed by atoms with E-state index in [4.69, 9.17) is 13.9 Å². The van der Waals surface area contributed by atoms with Gasteiger partial charge in [0.05, 0.1) is 17.1 Å². The first-order valence-corrected chi connectivity index (χ1v) is 9.10. The third-order valence-corrected chi connectivity index (χ3v) is 4.14. The molecular formula is C20H20N4O6. The number of nitrogens with zero attached hydrogens (tertiary/aromatic N) is 3. The quantitative estimate of drug-likeness (QED) is 0.242. The van der Waals surface area contributed by atoms with Crippen molar-refractivity contribution in [2.75, 3.05) is 25.6 Å². The van der Waals surface area contributed by atoms with Gasteiger partial charge in [0.25, 0.3) is 11.6 Å². The van der Waals surface area contributed by atoms with Crippen molar-refractivity contribution in [1.29, 1.82) is 0 Å². The Bertz CT molecular complexity index is 1020. The van der Waals surface area contributed by atoms with Crippen LogP contribution in [0.5, 0.6) is 0 Å². The number of nitrogens with one attached hydrogen (secondary N) is 1. The van der Waals surface area contributed by atoms with Crippen LogP contribution < -0.4 is 5.32 Å². The largest absolute Gasteiger partial charge is 0.449 e. The van der Waals surface area contributed by atoms with E-state index in [1.165, 1.54) is 19.2 Å². The van der Waals surface area contributed by atoms with Crippen LogP contribution in [-0.2, 0) is 9.47 Å². The molecule has 0 bridgehead atoms. The van der Waals surface area contributed by atoms with Crippen molar-refractivity contribution in [2.24, 2.45) is 0 Å². The molecule has 156 valence electrons. The molecule has 30 heavy (non-hydrogen) atoms. The van der Waals surface area contributed by atoms with Crippen molar-refractivity contribution in [3.8, 4) is 11.5 Å².